The zero-order chi connectivity index (χ0) is 20.2. The summed E-state index contributed by atoms with van der Waals surface area (Å²) in [4.78, 5) is 24.5. The number of nitrogens with zero attached hydrogens (tertiary/aromatic N) is 4. The van der Waals surface area contributed by atoms with E-state index in [9.17, 15) is 4.79 Å². The lowest BCUT2D eigenvalue weighted by Crippen LogP contribution is -2.52. The van der Waals surface area contributed by atoms with Crippen molar-refractivity contribution in [3.8, 4) is 6.07 Å². The first-order valence-corrected chi connectivity index (χ1v) is 9.80. The van der Waals surface area contributed by atoms with E-state index in [1.165, 1.54) is 0 Å². The van der Waals surface area contributed by atoms with Gasteiger partial charge in [-0.25, -0.2) is 4.98 Å². The van der Waals surface area contributed by atoms with Crippen molar-refractivity contribution in [2.24, 2.45) is 0 Å². The number of aromatic nitrogens is 2. The zero-order valence-electron chi connectivity index (χ0n) is 15.8. The number of H-pyrrole nitrogens is 1. The molecule has 1 saturated heterocycles. The Morgan fingerprint density at radius 2 is 2.03 bits per heavy atom. The van der Waals surface area contributed by atoms with Crippen molar-refractivity contribution in [1.29, 1.82) is 5.26 Å². The lowest BCUT2D eigenvalue weighted by atomic mass is 10.0. The van der Waals surface area contributed by atoms with Crippen LogP contribution in [0, 0.1) is 11.3 Å². The topological polar surface area (TPSA) is 76.0 Å². The molecule has 1 aliphatic rings. The number of carbonyl (C=O) groups excluding carboxylic acids is 1. The van der Waals surface area contributed by atoms with E-state index in [-0.39, 0.29) is 11.9 Å². The van der Waals surface area contributed by atoms with E-state index >= 15 is 0 Å². The molecule has 3 aromatic rings. The van der Waals surface area contributed by atoms with Gasteiger partial charge in [0.25, 0.3) is 0 Å². The maximum Gasteiger partial charge on any atom is 0.241 e. The largest absolute Gasteiger partial charge is 0.347 e. The molecule has 29 heavy (non-hydrogen) atoms. The Labute approximate surface area is 174 Å². The standard InChI is InChI=1S/C22H20ClN5O/c23-18-2-1-3-19(13-18)28-11-10-27(15-21(28)29)20(22-25-8-9-26-22)12-16-4-6-17(14-24)7-5-16/h1-9,13,20H,10-12,15H2,(H,25,26). The molecule has 7 heteroatoms. The molecule has 0 aliphatic carbocycles. The van der Waals surface area contributed by atoms with Gasteiger partial charge in [-0.05, 0) is 42.3 Å². The number of hydrogen-bond acceptors (Lipinski definition) is 4. The molecule has 1 amide bonds. The highest BCUT2D eigenvalue weighted by Gasteiger charge is 2.31. The van der Waals surface area contributed by atoms with Gasteiger partial charge in [-0.2, -0.15) is 5.26 Å². The van der Waals surface area contributed by atoms with Gasteiger partial charge in [-0.15, -0.1) is 0 Å². The van der Waals surface area contributed by atoms with Crippen molar-refractivity contribution >= 4 is 23.2 Å². The molecule has 0 spiro atoms. The minimum atomic E-state index is -0.0524. The van der Waals surface area contributed by atoms with E-state index < -0.39 is 0 Å². The quantitative estimate of drug-likeness (QED) is 0.704. The van der Waals surface area contributed by atoms with Gasteiger partial charge in [-0.3, -0.25) is 9.69 Å². The lowest BCUT2D eigenvalue weighted by Gasteiger charge is -2.38. The van der Waals surface area contributed by atoms with E-state index in [0.717, 1.165) is 23.6 Å². The molecule has 1 atom stereocenters. The number of benzene rings is 2. The fourth-order valence-corrected chi connectivity index (χ4v) is 3.86. The van der Waals surface area contributed by atoms with Crippen LogP contribution in [0.15, 0.2) is 60.9 Å². The summed E-state index contributed by atoms with van der Waals surface area (Å²) in [5, 5.41) is 9.62. The van der Waals surface area contributed by atoms with Gasteiger partial charge in [0.2, 0.25) is 5.91 Å². The third-order valence-electron chi connectivity index (χ3n) is 5.16. The Morgan fingerprint density at radius 3 is 2.69 bits per heavy atom. The van der Waals surface area contributed by atoms with Gasteiger partial charge in [0.1, 0.15) is 5.82 Å². The monoisotopic (exact) mass is 405 g/mol. The Hall–Kier alpha value is -3.14. The summed E-state index contributed by atoms with van der Waals surface area (Å²) in [6, 6.07) is 17.0. The van der Waals surface area contributed by atoms with Gasteiger partial charge in [0, 0.05) is 36.2 Å². The van der Waals surface area contributed by atoms with E-state index in [0.29, 0.717) is 30.1 Å². The number of anilines is 1. The number of piperazine rings is 1. The first-order valence-electron chi connectivity index (χ1n) is 9.42. The van der Waals surface area contributed by atoms with Crippen LogP contribution in [-0.4, -0.2) is 40.4 Å². The molecule has 0 saturated carbocycles. The second-order valence-corrected chi connectivity index (χ2v) is 7.44. The summed E-state index contributed by atoms with van der Waals surface area (Å²) in [6.45, 7) is 1.61. The van der Waals surface area contributed by atoms with Gasteiger partial charge in [0.05, 0.1) is 24.2 Å². The van der Waals surface area contributed by atoms with Crippen molar-refractivity contribution < 1.29 is 4.79 Å². The van der Waals surface area contributed by atoms with Crippen LogP contribution in [0.25, 0.3) is 0 Å². The number of hydrogen-bond donors (Lipinski definition) is 1. The van der Waals surface area contributed by atoms with Crippen LogP contribution in [0.4, 0.5) is 5.69 Å². The van der Waals surface area contributed by atoms with Crippen molar-refractivity contribution in [3.05, 3.63) is 82.9 Å². The Bertz CT molecular complexity index is 1030. The second kappa shape index (κ2) is 8.48. The summed E-state index contributed by atoms with van der Waals surface area (Å²) >= 11 is 6.09. The molecule has 0 bridgehead atoms. The molecule has 2 aromatic carbocycles. The number of nitrogens with one attached hydrogen (secondary N) is 1. The lowest BCUT2D eigenvalue weighted by molar-refractivity contribution is -0.122. The third-order valence-corrected chi connectivity index (χ3v) is 5.39. The molecule has 1 N–H and O–H groups in total. The summed E-state index contributed by atoms with van der Waals surface area (Å²) in [6.07, 6.45) is 4.22. The van der Waals surface area contributed by atoms with Crippen LogP contribution in [0.2, 0.25) is 5.02 Å². The number of rotatable bonds is 5. The second-order valence-electron chi connectivity index (χ2n) is 7.00. The maximum absolute atomic E-state index is 12.9. The molecule has 2 heterocycles. The van der Waals surface area contributed by atoms with Crippen molar-refractivity contribution in [1.82, 2.24) is 14.9 Å². The van der Waals surface area contributed by atoms with Gasteiger partial charge in [0.15, 0.2) is 0 Å². The molecule has 1 aliphatic heterocycles. The highest BCUT2D eigenvalue weighted by Crippen LogP contribution is 2.27. The minimum absolute atomic E-state index is 0.0369. The van der Waals surface area contributed by atoms with Crippen LogP contribution < -0.4 is 4.90 Å². The molecule has 1 unspecified atom stereocenters. The van der Waals surface area contributed by atoms with Crippen molar-refractivity contribution in [2.75, 3.05) is 24.5 Å². The van der Waals surface area contributed by atoms with Crippen LogP contribution in [0.3, 0.4) is 0 Å². The molecule has 1 fully saturated rings. The van der Waals surface area contributed by atoms with Crippen LogP contribution in [-0.2, 0) is 11.2 Å². The number of halogens is 1. The zero-order valence-corrected chi connectivity index (χ0v) is 16.5. The highest BCUT2D eigenvalue weighted by molar-refractivity contribution is 6.30. The van der Waals surface area contributed by atoms with Gasteiger partial charge >= 0.3 is 0 Å². The van der Waals surface area contributed by atoms with Crippen molar-refractivity contribution in [2.45, 2.75) is 12.5 Å². The Morgan fingerprint density at radius 1 is 1.21 bits per heavy atom. The predicted octanol–water partition coefficient (Wildman–Crippen LogP) is 3.57. The summed E-state index contributed by atoms with van der Waals surface area (Å²) in [5.41, 5.74) is 2.55. The smallest absolute Gasteiger partial charge is 0.241 e. The predicted molar refractivity (Wildman–Crippen MR) is 112 cm³/mol. The molecular formula is C22H20ClN5O. The summed E-state index contributed by atoms with van der Waals surface area (Å²) < 4.78 is 0. The maximum atomic E-state index is 12.9. The van der Waals surface area contributed by atoms with Crippen molar-refractivity contribution in [3.63, 3.8) is 0 Å². The minimum Gasteiger partial charge on any atom is -0.347 e. The first kappa shape index (κ1) is 19.2. The number of aromatic amines is 1. The van der Waals surface area contributed by atoms with Gasteiger partial charge in [-0.1, -0.05) is 29.8 Å². The van der Waals surface area contributed by atoms with E-state index in [2.05, 4.69) is 20.9 Å². The number of imidazole rings is 1. The average Bonchev–Trinajstić information content (AvgIpc) is 3.27. The Balaban J connectivity index is 1.53. The molecular weight excluding hydrogens is 386 g/mol. The fraction of sp³-hybridized carbons (Fsp3) is 0.227. The van der Waals surface area contributed by atoms with E-state index in [1.54, 1.807) is 23.4 Å². The fourth-order valence-electron chi connectivity index (χ4n) is 3.67. The molecule has 0 radical (unpaired) electrons. The number of carbonyl (C=O) groups is 1. The van der Waals surface area contributed by atoms with Crippen LogP contribution in [0.5, 0.6) is 0 Å². The summed E-state index contributed by atoms with van der Waals surface area (Å²) in [5.74, 6) is 0.869. The first-order chi connectivity index (χ1) is 14.1. The van der Waals surface area contributed by atoms with Crippen LogP contribution in [0.1, 0.15) is 23.0 Å². The van der Waals surface area contributed by atoms with Gasteiger partial charge < -0.3 is 9.88 Å². The average molecular weight is 406 g/mol. The molecule has 146 valence electrons. The molecule has 4 rings (SSSR count). The highest BCUT2D eigenvalue weighted by atomic mass is 35.5. The molecule has 6 nitrogen and oxygen atoms in total. The van der Waals surface area contributed by atoms with E-state index in [1.807, 2.05) is 42.5 Å². The van der Waals surface area contributed by atoms with Crippen LogP contribution >= 0.6 is 11.6 Å². The third kappa shape index (κ3) is 4.32. The summed E-state index contributed by atoms with van der Waals surface area (Å²) in [7, 11) is 0. The number of nitriles is 1. The Kier molecular flexibility index (Phi) is 5.61. The van der Waals surface area contributed by atoms with E-state index in [4.69, 9.17) is 16.9 Å². The SMILES string of the molecule is N#Cc1ccc(CC(c2ncc[nH]2)N2CCN(c3cccc(Cl)c3)C(=O)C2)cc1. The number of amides is 1. The molecule has 1 aromatic heterocycles. The normalized spacial score (nSPS) is 15.9.